The third kappa shape index (κ3) is 5.34. The Morgan fingerprint density at radius 1 is 0.775 bits per heavy atom. The third-order valence-electron chi connectivity index (χ3n) is 8.11. The van der Waals surface area contributed by atoms with Crippen LogP contribution >= 0.6 is 0 Å². The number of fused-ring (bicyclic) bond motifs is 2. The fraction of sp³-hybridized carbons (Fsp3) is 0.257. The number of benzene rings is 5. The van der Waals surface area contributed by atoms with E-state index in [0.29, 0.717) is 5.69 Å². The van der Waals surface area contributed by atoms with Crippen molar-refractivity contribution in [2.24, 2.45) is 5.92 Å². The molecule has 4 unspecified atom stereocenters. The van der Waals surface area contributed by atoms with E-state index in [0.717, 1.165) is 29.8 Å². The smallest absolute Gasteiger partial charge is 0.185 e. The molecule has 1 fully saturated rings. The van der Waals surface area contributed by atoms with Crippen molar-refractivity contribution in [2.75, 3.05) is 19.3 Å². The summed E-state index contributed by atoms with van der Waals surface area (Å²) in [7, 11) is 2.17. The van der Waals surface area contributed by atoms with Crippen LogP contribution < -0.4 is 5.73 Å². The Labute approximate surface area is 235 Å². The predicted octanol–water partition coefficient (Wildman–Crippen LogP) is 6.99. The van der Waals surface area contributed by atoms with Crippen molar-refractivity contribution >= 4 is 27.2 Å². The summed E-state index contributed by atoms with van der Waals surface area (Å²) in [6.45, 7) is 3.76. The van der Waals surface area contributed by atoms with Crippen molar-refractivity contribution in [1.29, 1.82) is 0 Å². The van der Waals surface area contributed by atoms with Crippen LogP contribution in [-0.4, -0.2) is 29.7 Å². The molecule has 3 N–H and O–H groups in total. The van der Waals surface area contributed by atoms with E-state index in [2.05, 4.69) is 85.6 Å². The highest BCUT2D eigenvalue weighted by atomic mass is 16.7. The second-order valence-corrected chi connectivity index (χ2v) is 11.0. The average Bonchev–Trinajstić information content (AvgIpc) is 2.98. The number of hydrogen-bond donors (Lipinski definition) is 2. The number of aliphatic hydroxyl groups is 1. The molecule has 1 aliphatic heterocycles. The fourth-order valence-electron chi connectivity index (χ4n) is 5.95. The van der Waals surface area contributed by atoms with Gasteiger partial charge in [-0.2, -0.15) is 0 Å². The molecule has 1 saturated heterocycles. The van der Waals surface area contributed by atoms with E-state index in [1.165, 1.54) is 27.1 Å². The topological polar surface area (TPSA) is 68.0 Å². The molecule has 1 aliphatic rings. The van der Waals surface area contributed by atoms with Crippen LogP contribution in [0.15, 0.2) is 103 Å². The minimum absolute atomic E-state index is 0.0205. The maximum Gasteiger partial charge on any atom is 0.185 e. The normalized spacial score (nSPS) is 21.3. The van der Waals surface area contributed by atoms with Crippen LogP contribution in [-0.2, 0) is 22.6 Å². The predicted molar refractivity (Wildman–Crippen MR) is 162 cm³/mol. The van der Waals surface area contributed by atoms with Crippen molar-refractivity contribution in [2.45, 2.75) is 38.6 Å². The SMILES string of the molecule is CC1C(CN(C)Cc2c3ccccc3cc3ccccc23)OC(c2cccc(N)c2)OC1c1ccc(CO)cc1. The summed E-state index contributed by atoms with van der Waals surface area (Å²) in [5.41, 5.74) is 11.0. The molecule has 0 saturated carbocycles. The lowest BCUT2D eigenvalue weighted by Gasteiger charge is -2.42. The molecule has 6 rings (SSSR count). The monoisotopic (exact) mass is 532 g/mol. The van der Waals surface area contributed by atoms with Crippen LogP contribution in [0.5, 0.6) is 0 Å². The maximum atomic E-state index is 9.53. The van der Waals surface area contributed by atoms with Gasteiger partial charge in [0.2, 0.25) is 0 Å². The lowest BCUT2D eigenvalue weighted by Crippen LogP contribution is -2.43. The van der Waals surface area contributed by atoms with Crippen LogP contribution in [0.1, 0.15) is 41.6 Å². The lowest BCUT2D eigenvalue weighted by molar-refractivity contribution is -0.276. The van der Waals surface area contributed by atoms with E-state index >= 15 is 0 Å². The van der Waals surface area contributed by atoms with Crippen LogP contribution in [0.2, 0.25) is 0 Å². The molecule has 0 amide bonds. The first-order valence-electron chi connectivity index (χ1n) is 13.9. The number of likely N-dealkylation sites (N-methyl/N-ethyl adjacent to an activating group) is 1. The molecule has 0 spiro atoms. The van der Waals surface area contributed by atoms with Gasteiger partial charge in [0.1, 0.15) is 0 Å². The van der Waals surface area contributed by atoms with Crippen molar-refractivity contribution in [3.63, 3.8) is 0 Å². The second kappa shape index (κ2) is 11.4. The van der Waals surface area contributed by atoms with Gasteiger partial charge < -0.3 is 20.3 Å². The van der Waals surface area contributed by atoms with Gasteiger partial charge in [0.25, 0.3) is 0 Å². The average molecular weight is 533 g/mol. The molecular formula is C35H36N2O3. The summed E-state index contributed by atoms with van der Waals surface area (Å²) < 4.78 is 13.2. The van der Waals surface area contributed by atoms with Crippen molar-refractivity contribution < 1.29 is 14.6 Å². The number of nitrogen functional groups attached to an aromatic ring is 1. The molecule has 204 valence electrons. The first-order chi connectivity index (χ1) is 19.5. The molecule has 5 heteroatoms. The molecule has 4 atom stereocenters. The van der Waals surface area contributed by atoms with Crippen LogP contribution in [0.25, 0.3) is 21.5 Å². The first-order valence-corrected chi connectivity index (χ1v) is 13.9. The van der Waals surface area contributed by atoms with Crippen molar-refractivity contribution in [3.05, 3.63) is 125 Å². The molecule has 5 nitrogen and oxygen atoms in total. The van der Waals surface area contributed by atoms with Gasteiger partial charge in [-0.25, -0.2) is 0 Å². The Hall–Kier alpha value is -3.74. The van der Waals surface area contributed by atoms with E-state index in [-0.39, 0.29) is 24.7 Å². The van der Waals surface area contributed by atoms with E-state index in [1.54, 1.807) is 0 Å². The number of nitrogens with zero attached hydrogens (tertiary/aromatic N) is 1. The third-order valence-corrected chi connectivity index (χ3v) is 8.11. The summed E-state index contributed by atoms with van der Waals surface area (Å²) in [5, 5.41) is 14.6. The first kappa shape index (κ1) is 26.5. The largest absolute Gasteiger partial charge is 0.399 e. The molecule has 5 aromatic rings. The second-order valence-electron chi connectivity index (χ2n) is 11.0. The molecular weight excluding hydrogens is 496 g/mol. The summed E-state index contributed by atoms with van der Waals surface area (Å²) in [5.74, 6) is 0.101. The van der Waals surface area contributed by atoms with Crippen LogP contribution in [0.4, 0.5) is 5.69 Å². The Bertz CT molecular complexity index is 1560. The fourth-order valence-corrected chi connectivity index (χ4v) is 5.95. The van der Waals surface area contributed by atoms with Gasteiger partial charge in [0.15, 0.2) is 6.29 Å². The van der Waals surface area contributed by atoms with Gasteiger partial charge in [0, 0.05) is 30.3 Å². The van der Waals surface area contributed by atoms with Crippen molar-refractivity contribution in [1.82, 2.24) is 4.90 Å². The summed E-state index contributed by atoms with van der Waals surface area (Å²) in [4.78, 5) is 2.36. The van der Waals surface area contributed by atoms with Crippen LogP contribution in [0, 0.1) is 5.92 Å². The van der Waals surface area contributed by atoms with Gasteiger partial charge in [0.05, 0.1) is 18.8 Å². The number of ether oxygens (including phenoxy) is 2. The van der Waals surface area contributed by atoms with E-state index < -0.39 is 6.29 Å². The molecule has 0 aromatic heterocycles. The molecule has 40 heavy (non-hydrogen) atoms. The Morgan fingerprint density at radius 2 is 1.45 bits per heavy atom. The molecule has 0 radical (unpaired) electrons. The van der Waals surface area contributed by atoms with Crippen LogP contribution in [0.3, 0.4) is 0 Å². The van der Waals surface area contributed by atoms with E-state index in [9.17, 15) is 5.11 Å². The van der Waals surface area contributed by atoms with Gasteiger partial charge in [-0.05, 0) is 63.5 Å². The maximum absolute atomic E-state index is 9.53. The number of aliphatic hydroxyl groups excluding tert-OH is 1. The van der Waals surface area contributed by atoms with E-state index in [1.807, 2.05) is 36.4 Å². The van der Waals surface area contributed by atoms with Gasteiger partial charge in [-0.15, -0.1) is 0 Å². The molecule has 5 aromatic carbocycles. The highest BCUT2D eigenvalue weighted by Gasteiger charge is 2.39. The zero-order valence-electron chi connectivity index (χ0n) is 23.0. The minimum atomic E-state index is -0.529. The molecule has 1 heterocycles. The standard InChI is InChI=1S/C35H36N2O3/c1-23-33(21-37(2)20-32-30-12-5-3-8-26(30)18-27-9-4-6-13-31(27)32)39-35(28-10-7-11-29(36)19-28)40-34(23)25-16-14-24(22-38)15-17-25/h3-19,23,33-35,38H,20-22,36H2,1-2H3. The lowest BCUT2D eigenvalue weighted by atomic mass is 9.89. The zero-order chi connectivity index (χ0) is 27.6. The Morgan fingerprint density at radius 3 is 2.10 bits per heavy atom. The highest BCUT2D eigenvalue weighted by molar-refractivity contribution is 6.02. The van der Waals surface area contributed by atoms with Gasteiger partial charge >= 0.3 is 0 Å². The number of hydrogen-bond acceptors (Lipinski definition) is 5. The van der Waals surface area contributed by atoms with E-state index in [4.69, 9.17) is 15.2 Å². The molecule has 0 bridgehead atoms. The van der Waals surface area contributed by atoms with Crippen molar-refractivity contribution in [3.8, 4) is 0 Å². The zero-order valence-corrected chi connectivity index (χ0v) is 23.0. The Kier molecular flexibility index (Phi) is 7.55. The quantitative estimate of drug-likeness (QED) is 0.175. The number of nitrogens with two attached hydrogens (primary N) is 1. The molecule has 0 aliphatic carbocycles. The van der Waals surface area contributed by atoms with Gasteiger partial charge in [-0.3, -0.25) is 4.90 Å². The highest BCUT2D eigenvalue weighted by Crippen LogP contribution is 2.42. The summed E-state index contributed by atoms with van der Waals surface area (Å²) in [6.07, 6.45) is -0.766. The minimum Gasteiger partial charge on any atom is -0.399 e. The van der Waals surface area contributed by atoms with Gasteiger partial charge in [-0.1, -0.05) is 91.9 Å². The Balaban J connectivity index is 1.31. The summed E-state index contributed by atoms with van der Waals surface area (Å²) in [6, 6.07) is 35.3. The number of anilines is 1. The summed E-state index contributed by atoms with van der Waals surface area (Å²) >= 11 is 0. The number of rotatable bonds is 7.